The van der Waals surface area contributed by atoms with Crippen molar-refractivity contribution >= 4 is 41.0 Å². The number of halogens is 2. The Bertz CT molecular complexity index is 264. The van der Waals surface area contributed by atoms with Crippen LogP contribution >= 0.6 is 23.2 Å². The first-order valence-corrected chi connectivity index (χ1v) is 4.90. The summed E-state index contributed by atoms with van der Waals surface area (Å²) in [5.74, 6) is -3.65. The van der Waals surface area contributed by atoms with E-state index < -0.39 is 35.2 Å². The number of hydrogen-bond donors (Lipinski definition) is 3. The first-order chi connectivity index (χ1) is 6.85. The lowest BCUT2D eigenvalue weighted by Gasteiger charge is -2.26. The molecule has 8 heteroatoms. The molecule has 0 bridgehead atoms. The Labute approximate surface area is 95.9 Å². The van der Waals surface area contributed by atoms with Gasteiger partial charge < -0.3 is 15.7 Å². The van der Waals surface area contributed by atoms with Crippen LogP contribution in [0.2, 0.25) is 0 Å². The fourth-order valence-electron chi connectivity index (χ4n) is 0.763. The van der Waals surface area contributed by atoms with Crippen LogP contribution in [0.15, 0.2) is 0 Å². The van der Waals surface area contributed by atoms with Gasteiger partial charge in [-0.1, -0.05) is 0 Å². The highest BCUT2D eigenvalue weighted by Gasteiger charge is 2.36. The number of amides is 2. The van der Waals surface area contributed by atoms with E-state index in [9.17, 15) is 14.4 Å². The van der Waals surface area contributed by atoms with E-state index in [0.29, 0.717) is 0 Å². The molecule has 0 unspecified atom stereocenters. The lowest BCUT2D eigenvalue weighted by atomic mass is 10.2. The SMILES string of the molecule is CC(NC(=O)CCl)(NC(=O)CCl)C(=O)O. The third kappa shape index (κ3) is 4.35. The number of aliphatic carboxylic acids is 1. The van der Waals surface area contributed by atoms with E-state index in [4.69, 9.17) is 28.3 Å². The van der Waals surface area contributed by atoms with Gasteiger partial charge >= 0.3 is 5.97 Å². The zero-order valence-corrected chi connectivity index (χ0v) is 9.35. The van der Waals surface area contributed by atoms with Gasteiger partial charge in [0.1, 0.15) is 11.8 Å². The second-order valence-electron chi connectivity index (χ2n) is 2.79. The molecule has 0 aromatic carbocycles. The van der Waals surface area contributed by atoms with Crippen molar-refractivity contribution in [1.29, 1.82) is 0 Å². The van der Waals surface area contributed by atoms with Crippen molar-refractivity contribution < 1.29 is 19.5 Å². The van der Waals surface area contributed by atoms with Gasteiger partial charge in [0.05, 0.1) is 0 Å². The highest BCUT2D eigenvalue weighted by atomic mass is 35.5. The van der Waals surface area contributed by atoms with Crippen LogP contribution in [0.25, 0.3) is 0 Å². The van der Waals surface area contributed by atoms with E-state index in [-0.39, 0.29) is 0 Å². The number of nitrogens with one attached hydrogen (secondary N) is 2. The van der Waals surface area contributed by atoms with Crippen LogP contribution in [0, 0.1) is 0 Å². The number of carbonyl (C=O) groups excluding carboxylic acids is 2. The average molecular weight is 257 g/mol. The fraction of sp³-hybridized carbons (Fsp3) is 0.571. The van der Waals surface area contributed by atoms with Gasteiger partial charge in [0.15, 0.2) is 0 Å². The quantitative estimate of drug-likeness (QED) is 0.457. The van der Waals surface area contributed by atoms with Gasteiger partial charge in [-0.2, -0.15) is 0 Å². The van der Waals surface area contributed by atoms with Crippen molar-refractivity contribution in [3.8, 4) is 0 Å². The second kappa shape index (κ2) is 5.77. The van der Waals surface area contributed by atoms with Crippen LogP contribution in [0.5, 0.6) is 0 Å². The first kappa shape index (κ1) is 14.0. The molecular weight excluding hydrogens is 247 g/mol. The summed E-state index contributed by atoms with van der Waals surface area (Å²) in [6.45, 7) is 1.12. The summed E-state index contributed by atoms with van der Waals surface area (Å²) >= 11 is 10.4. The largest absolute Gasteiger partial charge is 0.478 e. The number of carboxylic acids is 1. The van der Waals surface area contributed by atoms with Gasteiger partial charge in [-0.15, -0.1) is 23.2 Å². The van der Waals surface area contributed by atoms with E-state index in [1.807, 2.05) is 10.6 Å². The molecule has 2 amide bonds. The van der Waals surface area contributed by atoms with Crippen molar-refractivity contribution in [3.05, 3.63) is 0 Å². The van der Waals surface area contributed by atoms with Gasteiger partial charge in [-0.25, -0.2) is 4.79 Å². The molecule has 0 aromatic heterocycles. The summed E-state index contributed by atoms with van der Waals surface area (Å²) in [6, 6.07) is 0. The van der Waals surface area contributed by atoms with E-state index in [1.165, 1.54) is 0 Å². The number of hydrogen-bond acceptors (Lipinski definition) is 3. The minimum Gasteiger partial charge on any atom is -0.478 e. The molecule has 15 heavy (non-hydrogen) atoms. The molecule has 0 aliphatic rings. The molecule has 0 saturated heterocycles. The molecule has 86 valence electrons. The maximum atomic E-state index is 10.9. The third-order valence-electron chi connectivity index (χ3n) is 1.45. The molecule has 0 aliphatic heterocycles. The molecule has 0 rings (SSSR count). The van der Waals surface area contributed by atoms with Crippen molar-refractivity contribution in [2.24, 2.45) is 0 Å². The maximum Gasteiger partial charge on any atom is 0.350 e. The maximum absolute atomic E-state index is 10.9. The number of carbonyl (C=O) groups is 3. The Morgan fingerprint density at radius 3 is 1.67 bits per heavy atom. The summed E-state index contributed by atoms with van der Waals surface area (Å²) < 4.78 is 0. The molecule has 0 saturated carbocycles. The molecule has 0 fully saturated rings. The van der Waals surface area contributed by atoms with Gasteiger partial charge in [0.2, 0.25) is 17.5 Å². The van der Waals surface area contributed by atoms with Crippen molar-refractivity contribution in [2.75, 3.05) is 11.8 Å². The van der Waals surface area contributed by atoms with E-state index in [2.05, 4.69) is 0 Å². The molecule has 0 atom stereocenters. The van der Waals surface area contributed by atoms with Gasteiger partial charge in [0, 0.05) is 0 Å². The van der Waals surface area contributed by atoms with Gasteiger partial charge in [-0.05, 0) is 6.92 Å². The molecule has 3 N–H and O–H groups in total. The zero-order chi connectivity index (χ0) is 12.1. The molecule has 0 radical (unpaired) electrons. The summed E-state index contributed by atoms with van der Waals surface area (Å²) in [4.78, 5) is 32.6. The van der Waals surface area contributed by atoms with Gasteiger partial charge in [0.25, 0.3) is 0 Å². The summed E-state index contributed by atoms with van der Waals surface area (Å²) in [7, 11) is 0. The van der Waals surface area contributed by atoms with Crippen LogP contribution in [-0.4, -0.2) is 40.3 Å². The predicted molar refractivity (Wildman–Crippen MR) is 53.8 cm³/mol. The summed E-state index contributed by atoms with van der Waals surface area (Å²) in [5, 5.41) is 12.9. The molecule has 6 nitrogen and oxygen atoms in total. The predicted octanol–water partition coefficient (Wildman–Crippen LogP) is -0.503. The Balaban J connectivity index is 4.67. The molecule has 0 heterocycles. The Morgan fingerprint density at radius 2 is 1.47 bits per heavy atom. The monoisotopic (exact) mass is 256 g/mol. The first-order valence-electron chi connectivity index (χ1n) is 3.83. The third-order valence-corrected chi connectivity index (χ3v) is 1.93. The summed E-state index contributed by atoms with van der Waals surface area (Å²) in [6.07, 6.45) is 0. The van der Waals surface area contributed by atoms with Crippen molar-refractivity contribution in [1.82, 2.24) is 10.6 Å². The standard InChI is InChI=1S/C7H10Cl2N2O4/c1-7(6(14)15,10-4(12)2-8)11-5(13)3-9/h2-3H2,1H3,(H,10,12)(H,11,13)(H,14,15). The van der Waals surface area contributed by atoms with Crippen molar-refractivity contribution in [3.63, 3.8) is 0 Å². The van der Waals surface area contributed by atoms with Crippen molar-refractivity contribution in [2.45, 2.75) is 12.6 Å². The Hall–Kier alpha value is -1.01. The zero-order valence-electron chi connectivity index (χ0n) is 7.84. The minimum atomic E-state index is -1.90. The number of alkyl halides is 2. The molecule has 0 aromatic rings. The highest BCUT2D eigenvalue weighted by Crippen LogP contribution is 2.00. The molecular formula is C7H10Cl2N2O4. The van der Waals surface area contributed by atoms with E-state index >= 15 is 0 Å². The van der Waals surface area contributed by atoms with E-state index in [0.717, 1.165) is 6.92 Å². The number of rotatable bonds is 5. The molecule has 0 aliphatic carbocycles. The lowest BCUT2D eigenvalue weighted by molar-refractivity contribution is -0.150. The van der Waals surface area contributed by atoms with Crippen LogP contribution < -0.4 is 10.6 Å². The van der Waals surface area contributed by atoms with Crippen LogP contribution in [-0.2, 0) is 14.4 Å². The van der Waals surface area contributed by atoms with Crippen LogP contribution in [0.3, 0.4) is 0 Å². The molecule has 0 spiro atoms. The fourth-order valence-corrected chi connectivity index (χ4v) is 0.896. The van der Waals surface area contributed by atoms with Gasteiger partial charge in [-0.3, -0.25) is 9.59 Å². The highest BCUT2D eigenvalue weighted by molar-refractivity contribution is 6.28. The Kier molecular flexibility index (Phi) is 5.38. The smallest absolute Gasteiger partial charge is 0.350 e. The Morgan fingerprint density at radius 1 is 1.13 bits per heavy atom. The minimum absolute atomic E-state index is 0.403. The van der Waals surface area contributed by atoms with Crippen LogP contribution in [0.4, 0.5) is 0 Å². The normalized spacial score (nSPS) is 10.6. The van der Waals surface area contributed by atoms with Crippen LogP contribution in [0.1, 0.15) is 6.92 Å². The average Bonchev–Trinajstić information content (AvgIpc) is 2.16. The lowest BCUT2D eigenvalue weighted by Crippen LogP contribution is -2.64. The number of carboxylic acid groups (broad SMARTS) is 1. The topological polar surface area (TPSA) is 95.5 Å². The summed E-state index contributed by atoms with van der Waals surface area (Å²) in [5.41, 5.74) is -1.90. The van der Waals surface area contributed by atoms with E-state index in [1.54, 1.807) is 0 Å². The second-order valence-corrected chi connectivity index (χ2v) is 3.33.